The topological polar surface area (TPSA) is 80.5 Å². The van der Waals surface area contributed by atoms with Crippen molar-refractivity contribution in [3.8, 4) is 6.07 Å². The van der Waals surface area contributed by atoms with Gasteiger partial charge in [-0.15, -0.1) is 5.10 Å². The first-order chi connectivity index (χ1) is 10.4. The van der Waals surface area contributed by atoms with E-state index in [2.05, 4.69) is 16.4 Å². The zero-order chi connectivity index (χ0) is 16.0. The number of halogens is 3. The number of aromatic nitrogens is 3. The fourth-order valence-electron chi connectivity index (χ4n) is 3.20. The minimum Gasteiger partial charge on any atom is -0.322 e. The average Bonchev–Trinajstić information content (AvgIpc) is 3.14. The van der Waals surface area contributed by atoms with E-state index < -0.39 is 23.7 Å². The number of nitrogens with two attached hydrogens (primary N) is 1. The van der Waals surface area contributed by atoms with Gasteiger partial charge in [-0.3, -0.25) is 0 Å². The lowest BCUT2D eigenvalue weighted by atomic mass is 9.78. The third-order valence-corrected chi connectivity index (χ3v) is 4.97. The Bertz CT molecular complexity index is 576. The van der Waals surface area contributed by atoms with Gasteiger partial charge in [-0.1, -0.05) is 5.21 Å². The quantitative estimate of drug-likeness (QED) is 0.930. The fourth-order valence-corrected chi connectivity index (χ4v) is 3.20. The maximum absolute atomic E-state index is 12.7. The van der Waals surface area contributed by atoms with Crippen molar-refractivity contribution in [3.63, 3.8) is 0 Å². The summed E-state index contributed by atoms with van der Waals surface area (Å²) in [4.78, 5) is 0. The van der Waals surface area contributed by atoms with Crippen LogP contribution in [0.2, 0.25) is 0 Å². The molecule has 2 aliphatic carbocycles. The molecule has 22 heavy (non-hydrogen) atoms. The number of rotatable bonds is 3. The highest BCUT2D eigenvalue weighted by molar-refractivity contribution is 5.17. The minimum absolute atomic E-state index is 0.0130. The molecule has 0 unspecified atom stereocenters. The summed E-state index contributed by atoms with van der Waals surface area (Å²) in [6.07, 6.45) is 0.204. The molecule has 1 aromatic rings. The highest BCUT2D eigenvalue weighted by Gasteiger charge is 2.47. The molecule has 2 saturated carbocycles. The van der Waals surface area contributed by atoms with Gasteiger partial charge in [0.25, 0.3) is 0 Å². The summed E-state index contributed by atoms with van der Waals surface area (Å²) in [5.41, 5.74) is 6.14. The molecule has 2 aliphatic rings. The summed E-state index contributed by atoms with van der Waals surface area (Å²) in [5.74, 6) is -1.22. The van der Waals surface area contributed by atoms with Crippen LogP contribution in [0.1, 0.15) is 50.3 Å². The summed E-state index contributed by atoms with van der Waals surface area (Å²) < 4.78 is 39.6. The molecule has 0 amide bonds. The zero-order valence-electron chi connectivity index (χ0n) is 12.1. The Morgan fingerprint density at radius 1 is 1.32 bits per heavy atom. The molecule has 5 nitrogen and oxygen atoms in total. The van der Waals surface area contributed by atoms with Gasteiger partial charge in [-0.05, 0) is 44.4 Å². The Labute approximate surface area is 126 Å². The van der Waals surface area contributed by atoms with Gasteiger partial charge in [0.05, 0.1) is 29.9 Å². The summed E-state index contributed by atoms with van der Waals surface area (Å²) >= 11 is 0. The molecule has 0 aromatic carbocycles. The first kappa shape index (κ1) is 15.3. The van der Waals surface area contributed by atoms with Crippen molar-refractivity contribution in [1.29, 1.82) is 5.26 Å². The van der Waals surface area contributed by atoms with Crippen molar-refractivity contribution < 1.29 is 13.2 Å². The van der Waals surface area contributed by atoms with Crippen LogP contribution in [0.25, 0.3) is 0 Å². The summed E-state index contributed by atoms with van der Waals surface area (Å²) in [5, 5.41) is 17.1. The Hall–Kier alpha value is -1.62. The molecule has 2 N–H and O–H groups in total. The fraction of sp³-hybridized carbons (Fsp3) is 0.786. The smallest absolute Gasteiger partial charge is 0.322 e. The van der Waals surface area contributed by atoms with Gasteiger partial charge in [0, 0.05) is 0 Å². The van der Waals surface area contributed by atoms with E-state index in [-0.39, 0.29) is 18.8 Å². The van der Waals surface area contributed by atoms with Crippen LogP contribution < -0.4 is 5.73 Å². The van der Waals surface area contributed by atoms with Crippen LogP contribution in [-0.2, 0) is 5.54 Å². The van der Waals surface area contributed by atoms with Gasteiger partial charge in [0.15, 0.2) is 5.54 Å². The second kappa shape index (κ2) is 5.23. The summed E-state index contributed by atoms with van der Waals surface area (Å²) in [6, 6.07) is 1.80. The number of hydrogen-bond acceptors (Lipinski definition) is 4. The highest BCUT2D eigenvalue weighted by Crippen LogP contribution is 2.44. The molecule has 2 fully saturated rings. The predicted molar refractivity (Wildman–Crippen MR) is 71.3 cm³/mol. The second-order valence-corrected chi connectivity index (χ2v) is 6.41. The summed E-state index contributed by atoms with van der Waals surface area (Å²) in [6.45, 7) is 0. The Balaban J connectivity index is 1.64. The van der Waals surface area contributed by atoms with Crippen molar-refractivity contribution in [2.45, 2.75) is 56.3 Å². The number of nitriles is 1. The van der Waals surface area contributed by atoms with Crippen LogP contribution in [-0.4, -0.2) is 21.2 Å². The molecule has 0 radical (unpaired) electrons. The molecule has 1 aromatic heterocycles. The first-order valence-corrected chi connectivity index (χ1v) is 7.52. The zero-order valence-corrected chi connectivity index (χ0v) is 12.1. The van der Waals surface area contributed by atoms with Crippen LogP contribution in [0.4, 0.5) is 13.2 Å². The van der Waals surface area contributed by atoms with Gasteiger partial charge in [0.2, 0.25) is 0 Å². The van der Waals surface area contributed by atoms with Crippen molar-refractivity contribution in [2.75, 3.05) is 0 Å². The third kappa shape index (κ3) is 2.70. The predicted octanol–water partition coefficient (Wildman–Crippen LogP) is 2.66. The van der Waals surface area contributed by atoms with E-state index in [1.807, 2.05) is 0 Å². The van der Waals surface area contributed by atoms with Crippen LogP contribution in [0.3, 0.4) is 0 Å². The average molecular weight is 313 g/mol. The molecule has 1 atom stereocenters. The first-order valence-electron chi connectivity index (χ1n) is 7.52. The molecular formula is C14H18F3N5. The molecule has 0 saturated heterocycles. The van der Waals surface area contributed by atoms with Crippen molar-refractivity contribution in [2.24, 2.45) is 17.6 Å². The maximum atomic E-state index is 12.7. The number of nitrogens with zero attached hydrogens (tertiary/aromatic N) is 4. The largest absolute Gasteiger partial charge is 0.391 e. The second-order valence-electron chi connectivity index (χ2n) is 6.41. The van der Waals surface area contributed by atoms with Crippen LogP contribution in [0.15, 0.2) is 6.20 Å². The lowest BCUT2D eigenvalue weighted by molar-refractivity contribution is -0.184. The Morgan fingerprint density at radius 3 is 2.45 bits per heavy atom. The number of alkyl halides is 3. The van der Waals surface area contributed by atoms with E-state index in [0.717, 1.165) is 12.8 Å². The van der Waals surface area contributed by atoms with E-state index >= 15 is 0 Å². The molecule has 0 aliphatic heterocycles. The molecular weight excluding hydrogens is 295 g/mol. The van der Waals surface area contributed by atoms with Gasteiger partial charge in [-0.2, -0.15) is 18.4 Å². The van der Waals surface area contributed by atoms with Gasteiger partial charge >= 0.3 is 6.18 Å². The van der Waals surface area contributed by atoms with E-state index in [1.165, 1.54) is 0 Å². The van der Waals surface area contributed by atoms with Crippen molar-refractivity contribution in [1.82, 2.24) is 15.0 Å². The van der Waals surface area contributed by atoms with E-state index in [4.69, 9.17) is 11.0 Å². The molecule has 8 heteroatoms. The van der Waals surface area contributed by atoms with Crippen molar-refractivity contribution in [3.05, 3.63) is 11.9 Å². The van der Waals surface area contributed by atoms with Gasteiger partial charge in [-0.25, -0.2) is 4.68 Å². The molecule has 3 rings (SSSR count). The molecule has 0 bridgehead atoms. The molecule has 0 spiro atoms. The lowest BCUT2D eigenvalue weighted by Crippen LogP contribution is -2.32. The number of hydrogen-bond donors (Lipinski definition) is 1. The van der Waals surface area contributed by atoms with Gasteiger partial charge < -0.3 is 5.73 Å². The Morgan fingerprint density at radius 2 is 1.95 bits per heavy atom. The Kier molecular flexibility index (Phi) is 3.63. The normalized spacial score (nSPS) is 28.9. The third-order valence-electron chi connectivity index (χ3n) is 4.97. The monoisotopic (exact) mass is 313 g/mol. The van der Waals surface area contributed by atoms with E-state index in [9.17, 15) is 13.2 Å². The lowest BCUT2D eigenvalue weighted by Gasteiger charge is -2.32. The van der Waals surface area contributed by atoms with Crippen molar-refractivity contribution >= 4 is 0 Å². The van der Waals surface area contributed by atoms with E-state index in [0.29, 0.717) is 18.5 Å². The van der Waals surface area contributed by atoms with Crippen LogP contribution in [0.5, 0.6) is 0 Å². The molecule has 120 valence electrons. The maximum Gasteiger partial charge on any atom is 0.391 e. The highest BCUT2D eigenvalue weighted by atomic mass is 19.4. The standard InChI is InChI=1S/C14H18F3N5/c15-14(16,17)10-3-1-9(2-4-10)12(19)11-7-22(21-20-11)13(8-18)5-6-13/h7,9-10,12H,1-6,19H2/t9?,10?,12-/m0/s1. The SMILES string of the molecule is N#CC1(n2cc([C@@H](N)C3CCC(C(F)(F)F)CC3)nn2)CC1. The van der Waals surface area contributed by atoms with E-state index in [1.54, 1.807) is 10.9 Å². The summed E-state index contributed by atoms with van der Waals surface area (Å²) in [7, 11) is 0. The minimum atomic E-state index is -4.11. The molecule has 1 heterocycles. The van der Waals surface area contributed by atoms with Crippen LogP contribution in [0, 0.1) is 23.2 Å². The van der Waals surface area contributed by atoms with Gasteiger partial charge in [0.1, 0.15) is 0 Å². The van der Waals surface area contributed by atoms with Crippen LogP contribution >= 0.6 is 0 Å².